The van der Waals surface area contributed by atoms with Gasteiger partial charge in [0.15, 0.2) is 11.5 Å². The van der Waals surface area contributed by atoms with Gasteiger partial charge in [-0.1, -0.05) is 42.2 Å². The number of phenols is 2. The number of carbonyl (C=O) groups is 2. The van der Waals surface area contributed by atoms with Crippen molar-refractivity contribution in [1.29, 1.82) is 0 Å². The standard InChI is InChI=1S/C21H20N2O5S2/c1-28-15-5-2-13(3-6-15)11-18-20(27)23(21(29)30-18)12-19(26)22-9-8-14-4-7-16(24)17(25)10-14/h2-7,10-11,24-25H,8-9,12H2,1H3,(H,22,26)/b18-11-. The average molecular weight is 445 g/mol. The molecule has 0 atom stereocenters. The van der Waals surface area contributed by atoms with E-state index in [2.05, 4.69) is 5.32 Å². The van der Waals surface area contributed by atoms with Gasteiger partial charge in [-0.05, 0) is 47.9 Å². The first-order chi connectivity index (χ1) is 14.4. The molecule has 7 nitrogen and oxygen atoms in total. The van der Waals surface area contributed by atoms with Crippen molar-refractivity contribution in [3.63, 3.8) is 0 Å². The van der Waals surface area contributed by atoms with E-state index in [1.807, 2.05) is 12.1 Å². The maximum absolute atomic E-state index is 12.6. The summed E-state index contributed by atoms with van der Waals surface area (Å²) in [6.07, 6.45) is 2.20. The summed E-state index contributed by atoms with van der Waals surface area (Å²) in [5, 5.41) is 21.6. The number of rotatable bonds is 7. The average Bonchev–Trinajstić information content (AvgIpc) is 2.98. The molecule has 2 aromatic rings. The van der Waals surface area contributed by atoms with Crippen LogP contribution in [0.25, 0.3) is 6.08 Å². The predicted octanol–water partition coefficient (Wildman–Crippen LogP) is 2.67. The Bertz CT molecular complexity index is 1000. The molecule has 156 valence electrons. The molecule has 1 aliphatic rings. The van der Waals surface area contributed by atoms with Gasteiger partial charge in [0.05, 0.1) is 12.0 Å². The molecular weight excluding hydrogens is 424 g/mol. The lowest BCUT2D eigenvalue weighted by Gasteiger charge is -2.14. The first kappa shape index (κ1) is 21.7. The summed E-state index contributed by atoms with van der Waals surface area (Å²) in [4.78, 5) is 26.6. The third kappa shape index (κ3) is 5.31. The van der Waals surface area contributed by atoms with Gasteiger partial charge in [-0.2, -0.15) is 0 Å². The molecule has 1 aliphatic heterocycles. The van der Waals surface area contributed by atoms with Crippen molar-refractivity contribution in [2.45, 2.75) is 6.42 Å². The van der Waals surface area contributed by atoms with Crippen LogP contribution in [-0.2, 0) is 16.0 Å². The molecular formula is C21H20N2O5S2. The molecule has 3 N–H and O–H groups in total. The lowest BCUT2D eigenvalue weighted by molar-refractivity contribution is -0.128. The number of amides is 2. The maximum Gasteiger partial charge on any atom is 0.266 e. The molecule has 2 aromatic carbocycles. The van der Waals surface area contributed by atoms with Gasteiger partial charge in [0.25, 0.3) is 5.91 Å². The summed E-state index contributed by atoms with van der Waals surface area (Å²) in [6, 6.07) is 11.8. The fourth-order valence-electron chi connectivity index (χ4n) is 2.76. The van der Waals surface area contributed by atoms with Crippen LogP contribution >= 0.6 is 24.0 Å². The molecule has 1 heterocycles. The van der Waals surface area contributed by atoms with Crippen molar-refractivity contribution in [1.82, 2.24) is 10.2 Å². The Hall–Kier alpha value is -3.04. The third-order valence-corrected chi connectivity index (χ3v) is 5.74. The van der Waals surface area contributed by atoms with Crippen LogP contribution in [0.15, 0.2) is 47.4 Å². The van der Waals surface area contributed by atoms with Gasteiger partial charge < -0.3 is 20.3 Å². The highest BCUT2D eigenvalue weighted by atomic mass is 32.2. The van der Waals surface area contributed by atoms with Gasteiger partial charge in [0, 0.05) is 6.54 Å². The molecule has 2 amide bonds. The van der Waals surface area contributed by atoms with Crippen LogP contribution in [0.5, 0.6) is 17.2 Å². The van der Waals surface area contributed by atoms with Gasteiger partial charge in [0.1, 0.15) is 16.6 Å². The number of nitrogens with zero attached hydrogens (tertiary/aromatic N) is 1. The number of thioether (sulfide) groups is 1. The second-order valence-electron chi connectivity index (χ2n) is 6.46. The number of methoxy groups -OCH3 is 1. The Morgan fingerprint density at radius 2 is 1.93 bits per heavy atom. The normalized spacial score (nSPS) is 15.0. The Morgan fingerprint density at radius 3 is 2.60 bits per heavy atom. The highest BCUT2D eigenvalue weighted by Gasteiger charge is 2.33. The summed E-state index contributed by atoms with van der Waals surface area (Å²) in [5.74, 6) is -0.321. The molecule has 0 unspecified atom stereocenters. The van der Waals surface area contributed by atoms with Crippen molar-refractivity contribution in [2.24, 2.45) is 0 Å². The number of hydrogen-bond donors (Lipinski definition) is 3. The summed E-state index contributed by atoms with van der Waals surface area (Å²) in [6.45, 7) is 0.158. The van der Waals surface area contributed by atoms with Crippen LogP contribution < -0.4 is 10.1 Å². The Kier molecular flexibility index (Phi) is 6.96. The van der Waals surface area contributed by atoms with E-state index in [4.69, 9.17) is 17.0 Å². The second kappa shape index (κ2) is 9.64. The highest BCUT2D eigenvalue weighted by molar-refractivity contribution is 8.26. The van der Waals surface area contributed by atoms with Gasteiger partial charge in [-0.25, -0.2) is 0 Å². The van der Waals surface area contributed by atoms with E-state index < -0.39 is 0 Å². The topological polar surface area (TPSA) is 99.1 Å². The van der Waals surface area contributed by atoms with E-state index in [-0.39, 0.29) is 29.9 Å². The van der Waals surface area contributed by atoms with Crippen molar-refractivity contribution < 1.29 is 24.5 Å². The number of ether oxygens (including phenoxy) is 1. The predicted molar refractivity (Wildman–Crippen MR) is 119 cm³/mol. The third-order valence-electron chi connectivity index (χ3n) is 4.36. The van der Waals surface area contributed by atoms with E-state index in [9.17, 15) is 19.8 Å². The second-order valence-corrected chi connectivity index (χ2v) is 8.14. The van der Waals surface area contributed by atoms with Crippen molar-refractivity contribution in [3.8, 4) is 17.2 Å². The van der Waals surface area contributed by atoms with Gasteiger partial charge in [-0.3, -0.25) is 14.5 Å². The zero-order valence-corrected chi connectivity index (χ0v) is 17.8. The number of nitrogens with one attached hydrogen (secondary N) is 1. The van der Waals surface area contributed by atoms with Crippen LogP contribution in [0.2, 0.25) is 0 Å². The molecule has 0 spiro atoms. The van der Waals surface area contributed by atoms with Crippen LogP contribution in [0.3, 0.4) is 0 Å². The minimum absolute atomic E-state index is 0.161. The molecule has 1 saturated heterocycles. The molecule has 0 aromatic heterocycles. The molecule has 0 bridgehead atoms. The van der Waals surface area contributed by atoms with Crippen LogP contribution in [0.1, 0.15) is 11.1 Å². The van der Waals surface area contributed by atoms with Gasteiger partial charge in [-0.15, -0.1) is 0 Å². The van der Waals surface area contributed by atoms with E-state index in [1.54, 1.807) is 31.4 Å². The number of aromatic hydroxyl groups is 2. The lowest BCUT2D eigenvalue weighted by Crippen LogP contribution is -2.40. The number of benzene rings is 2. The van der Waals surface area contributed by atoms with E-state index >= 15 is 0 Å². The fourth-order valence-corrected chi connectivity index (χ4v) is 4.01. The Morgan fingerprint density at radius 1 is 1.20 bits per heavy atom. The quantitative estimate of drug-likeness (QED) is 0.343. The smallest absolute Gasteiger partial charge is 0.266 e. The first-order valence-corrected chi connectivity index (χ1v) is 10.3. The SMILES string of the molecule is COc1ccc(/C=C2\SC(=S)N(CC(=O)NCCc3ccc(O)c(O)c3)C2=O)cc1. The highest BCUT2D eigenvalue weighted by Crippen LogP contribution is 2.32. The zero-order chi connectivity index (χ0) is 21.7. The minimum Gasteiger partial charge on any atom is -0.504 e. The first-order valence-electron chi connectivity index (χ1n) is 9.04. The molecule has 30 heavy (non-hydrogen) atoms. The monoisotopic (exact) mass is 444 g/mol. The number of carbonyl (C=O) groups excluding carboxylic acids is 2. The maximum atomic E-state index is 12.6. The molecule has 0 aliphatic carbocycles. The molecule has 3 rings (SSSR count). The van der Waals surface area contributed by atoms with E-state index in [0.717, 1.165) is 28.6 Å². The van der Waals surface area contributed by atoms with E-state index in [0.29, 0.717) is 22.2 Å². The molecule has 9 heteroatoms. The molecule has 0 saturated carbocycles. The van der Waals surface area contributed by atoms with Crippen LogP contribution in [0.4, 0.5) is 0 Å². The fraction of sp³-hybridized carbons (Fsp3) is 0.190. The van der Waals surface area contributed by atoms with Gasteiger partial charge in [0.2, 0.25) is 5.91 Å². The van der Waals surface area contributed by atoms with Crippen LogP contribution in [0, 0.1) is 0 Å². The largest absolute Gasteiger partial charge is 0.504 e. The van der Waals surface area contributed by atoms with Crippen LogP contribution in [-0.4, -0.2) is 51.4 Å². The summed E-state index contributed by atoms with van der Waals surface area (Å²) >= 11 is 6.42. The van der Waals surface area contributed by atoms with Crippen molar-refractivity contribution >= 4 is 46.2 Å². The summed E-state index contributed by atoms with van der Waals surface area (Å²) < 4.78 is 5.45. The minimum atomic E-state index is -0.333. The number of hydrogen-bond acceptors (Lipinski definition) is 7. The Labute approximate surface area is 183 Å². The molecule has 0 radical (unpaired) electrons. The summed E-state index contributed by atoms with van der Waals surface area (Å²) in [7, 11) is 1.58. The number of thiocarbonyl (C=S) groups is 1. The van der Waals surface area contributed by atoms with E-state index in [1.165, 1.54) is 17.0 Å². The zero-order valence-electron chi connectivity index (χ0n) is 16.1. The van der Waals surface area contributed by atoms with Gasteiger partial charge >= 0.3 is 0 Å². The Balaban J connectivity index is 1.54. The van der Waals surface area contributed by atoms with Crippen molar-refractivity contribution in [3.05, 3.63) is 58.5 Å². The number of phenolic OH excluding ortho intramolecular Hbond substituents is 2. The molecule has 1 fully saturated rings. The lowest BCUT2D eigenvalue weighted by atomic mass is 10.1. The van der Waals surface area contributed by atoms with Crippen molar-refractivity contribution in [2.75, 3.05) is 20.2 Å². The summed E-state index contributed by atoms with van der Waals surface area (Å²) in [5.41, 5.74) is 1.59.